The number of nitrogens with two attached hydrogens (primary N) is 1. The Labute approximate surface area is 89.7 Å². The molecule has 0 fully saturated rings. The molecule has 1 aromatic heterocycles. The molecule has 2 N–H and O–H groups in total. The van der Waals surface area contributed by atoms with E-state index in [2.05, 4.69) is 24.3 Å². The summed E-state index contributed by atoms with van der Waals surface area (Å²) < 4.78 is 0. The molecule has 0 amide bonds. The lowest BCUT2D eigenvalue weighted by atomic mass is 9.95. The minimum absolute atomic E-state index is 0.565. The van der Waals surface area contributed by atoms with Gasteiger partial charge in [0.15, 0.2) is 0 Å². The topological polar surface area (TPSA) is 29.3 Å². The Hall–Kier alpha value is -0.380. The molecule has 78 valence electrons. The van der Waals surface area contributed by atoms with Gasteiger partial charge in [0, 0.05) is 17.5 Å². The highest BCUT2D eigenvalue weighted by Gasteiger charge is 2.26. The van der Waals surface area contributed by atoms with Crippen molar-refractivity contribution in [1.29, 1.82) is 0 Å². The number of fused-ring (bicyclic) bond motifs is 1. The first-order chi connectivity index (χ1) is 6.74. The number of thiophene rings is 1. The Morgan fingerprint density at radius 3 is 3.14 bits per heavy atom. The number of likely N-dealkylation sites (N-methyl/N-ethyl adjacent to an activating group) is 1. The number of aryl methyl sites for hydroxylation is 1. The van der Waals surface area contributed by atoms with E-state index < -0.39 is 0 Å². The maximum atomic E-state index is 5.67. The molecule has 2 heterocycles. The van der Waals surface area contributed by atoms with Crippen molar-refractivity contribution in [1.82, 2.24) is 4.90 Å². The highest BCUT2D eigenvalue weighted by Crippen LogP contribution is 2.36. The molecular weight excluding hydrogens is 192 g/mol. The fourth-order valence-electron chi connectivity index (χ4n) is 2.33. The van der Waals surface area contributed by atoms with Gasteiger partial charge in [-0.1, -0.05) is 0 Å². The van der Waals surface area contributed by atoms with Gasteiger partial charge in [-0.3, -0.25) is 4.90 Å². The molecule has 1 unspecified atom stereocenters. The molecule has 0 aliphatic carbocycles. The molecule has 1 aromatic rings. The molecule has 1 atom stereocenters. The van der Waals surface area contributed by atoms with Gasteiger partial charge < -0.3 is 5.73 Å². The van der Waals surface area contributed by atoms with E-state index in [1.807, 2.05) is 11.3 Å². The third-order valence-corrected chi connectivity index (χ3v) is 4.28. The van der Waals surface area contributed by atoms with Gasteiger partial charge in [0.05, 0.1) is 0 Å². The molecule has 1 aliphatic heterocycles. The fourth-order valence-corrected chi connectivity index (χ4v) is 3.40. The number of hydrogen-bond acceptors (Lipinski definition) is 3. The first kappa shape index (κ1) is 10.1. The monoisotopic (exact) mass is 210 g/mol. The SMILES string of the molecule is Cc1csc2c1C(CCN)N(C)CC2. The first-order valence-corrected chi connectivity index (χ1v) is 6.09. The minimum Gasteiger partial charge on any atom is -0.330 e. The van der Waals surface area contributed by atoms with Crippen LogP contribution in [0.15, 0.2) is 5.38 Å². The Balaban J connectivity index is 2.34. The zero-order chi connectivity index (χ0) is 10.1. The summed E-state index contributed by atoms with van der Waals surface area (Å²) in [5, 5.41) is 2.29. The van der Waals surface area contributed by atoms with Crippen LogP contribution in [0.25, 0.3) is 0 Å². The molecule has 0 radical (unpaired) electrons. The van der Waals surface area contributed by atoms with E-state index >= 15 is 0 Å². The Morgan fingerprint density at radius 2 is 2.43 bits per heavy atom. The molecule has 2 nitrogen and oxygen atoms in total. The van der Waals surface area contributed by atoms with Crippen molar-refractivity contribution < 1.29 is 0 Å². The largest absolute Gasteiger partial charge is 0.330 e. The summed E-state index contributed by atoms with van der Waals surface area (Å²) in [5.74, 6) is 0. The van der Waals surface area contributed by atoms with Crippen LogP contribution >= 0.6 is 11.3 Å². The molecular formula is C11H18N2S. The summed E-state index contributed by atoms with van der Waals surface area (Å²) in [6.07, 6.45) is 2.30. The van der Waals surface area contributed by atoms with Crippen molar-refractivity contribution in [3.05, 3.63) is 21.4 Å². The number of nitrogens with zero attached hydrogens (tertiary/aromatic N) is 1. The second kappa shape index (κ2) is 4.01. The van der Waals surface area contributed by atoms with Crippen LogP contribution in [-0.2, 0) is 6.42 Å². The highest BCUT2D eigenvalue weighted by atomic mass is 32.1. The smallest absolute Gasteiger partial charge is 0.0370 e. The highest BCUT2D eigenvalue weighted by molar-refractivity contribution is 7.10. The molecule has 1 aliphatic rings. The molecule has 0 saturated carbocycles. The predicted molar refractivity (Wildman–Crippen MR) is 61.8 cm³/mol. The van der Waals surface area contributed by atoms with Crippen LogP contribution in [0.1, 0.15) is 28.5 Å². The lowest BCUT2D eigenvalue weighted by Crippen LogP contribution is -2.33. The van der Waals surface area contributed by atoms with Crippen molar-refractivity contribution in [2.75, 3.05) is 20.1 Å². The molecule has 3 heteroatoms. The van der Waals surface area contributed by atoms with E-state index in [0.717, 1.165) is 13.0 Å². The van der Waals surface area contributed by atoms with Crippen LogP contribution in [0.4, 0.5) is 0 Å². The van der Waals surface area contributed by atoms with Gasteiger partial charge in [-0.25, -0.2) is 0 Å². The van der Waals surface area contributed by atoms with Crippen molar-refractivity contribution in [2.45, 2.75) is 25.8 Å². The van der Waals surface area contributed by atoms with Crippen molar-refractivity contribution in [3.8, 4) is 0 Å². The van der Waals surface area contributed by atoms with Gasteiger partial charge in [0.1, 0.15) is 0 Å². The van der Waals surface area contributed by atoms with Crippen LogP contribution < -0.4 is 5.73 Å². The van der Waals surface area contributed by atoms with Crippen LogP contribution in [0.2, 0.25) is 0 Å². The standard InChI is InChI=1S/C11H18N2S/c1-8-7-14-10-4-6-13(2)9(3-5-12)11(8)10/h7,9H,3-6,12H2,1-2H3. The molecule has 14 heavy (non-hydrogen) atoms. The quantitative estimate of drug-likeness (QED) is 0.808. The zero-order valence-corrected chi connectivity index (χ0v) is 9.73. The first-order valence-electron chi connectivity index (χ1n) is 5.21. The van der Waals surface area contributed by atoms with Gasteiger partial charge in [0.2, 0.25) is 0 Å². The van der Waals surface area contributed by atoms with Crippen LogP contribution in [0, 0.1) is 6.92 Å². The predicted octanol–water partition coefficient (Wildman–Crippen LogP) is 1.93. The summed E-state index contributed by atoms with van der Waals surface area (Å²) >= 11 is 1.92. The zero-order valence-electron chi connectivity index (χ0n) is 8.92. The molecule has 0 spiro atoms. The summed E-state index contributed by atoms with van der Waals surface area (Å²) in [7, 11) is 2.21. The van der Waals surface area contributed by atoms with Crippen molar-refractivity contribution >= 4 is 11.3 Å². The van der Waals surface area contributed by atoms with E-state index in [1.165, 1.54) is 18.5 Å². The Bertz CT molecular complexity index is 319. The van der Waals surface area contributed by atoms with Gasteiger partial charge in [-0.2, -0.15) is 0 Å². The molecule has 0 bridgehead atoms. The molecule has 0 saturated heterocycles. The van der Waals surface area contributed by atoms with Crippen LogP contribution in [0.5, 0.6) is 0 Å². The molecule has 0 aromatic carbocycles. The summed E-state index contributed by atoms with van der Waals surface area (Å²) in [6.45, 7) is 4.18. The number of rotatable bonds is 2. The summed E-state index contributed by atoms with van der Waals surface area (Å²) in [5.41, 5.74) is 8.69. The van der Waals surface area contributed by atoms with E-state index in [-0.39, 0.29) is 0 Å². The number of hydrogen-bond donors (Lipinski definition) is 1. The van der Waals surface area contributed by atoms with Gasteiger partial charge >= 0.3 is 0 Å². The average Bonchev–Trinajstić information content (AvgIpc) is 2.53. The third kappa shape index (κ3) is 1.60. The molecule has 2 rings (SSSR count). The van der Waals surface area contributed by atoms with Crippen molar-refractivity contribution in [2.24, 2.45) is 5.73 Å². The van der Waals surface area contributed by atoms with Gasteiger partial charge in [-0.15, -0.1) is 11.3 Å². The van der Waals surface area contributed by atoms with E-state index in [0.29, 0.717) is 6.04 Å². The van der Waals surface area contributed by atoms with Gasteiger partial charge in [0.25, 0.3) is 0 Å². The lowest BCUT2D eigenvalue weighted by Gasteiger charge is -2.33. The Kier molecular flexibility index (Phi) is 2.91. The average molecular weight is 210 g/mol. The van der Waals surface area contributed by atoms with E-state index in [1.54, 1.807) is 10.4 Å². The van der Waals surface area contributed by atoms with Crippen LogP contribution in [-0.4, -0.2) is 25.0 Å². The fraction of sp³-hybridized carbons (Fsp3) is 0.636. The van der Waals surface area contributed by atoms with Crippen molar-refractivity contribution in [3.63, 3.8) is 0 Å². The van der Waals surface area contributed by atoms with E-state index in [4.69, 9.17) is 5.73 Å². The second-order valence-corrected chi connectivity index (χ2v) is 5.04. The van der Waals surface area contributed by atoms with Gasteiger partial charge in [-0.05, 0) is 49.9 Å². The maximum absolute atomic E-state index is 5.67. The lowest BCUT2D eigenvalue weighted by molar-refractivity contribution is 0.223. The second-order valence-electron chi connectivity index (χ2n) is 4.08. The van der Waals surface area contributed by atoms with Crippen LogP contribution in [0.3, 0.4) is 0 Å². The normalized spacial score (nSPS) is 22.4. The van der Waals surface area contributed by atoms with E-state index in [9.17, 15) is 0 Å². The summed E-state index contributed by atoms with van der Waals surface area (Å²) in [6, 6.07) is 0.565. The minimum atomic E-state index is 0.565. The maximum Gasteiger partial charge on any atom is 0.0370 e. The summed E-state index contributed by atoms with van der Waals surface area (Å²) in [4.78, 5) is 4.02. The Morgan fingerprint density at radius 1 is 1.64 bits per heavy atom. The third-order valence-electron chi connectivity index (χ3n) is 3.10.